The molecule has 0 radical (unpaired) electrons. The maximum atomic E-state index is 12.2. The molecule has 1 unspecified atom stereocenters. The van der Waals surface area contributed by atoms with Gasteiger partial charge in [0, 0.05) is 30.1 Å². The molecule has 4 rings (SSSR count). The molecule has 0 fully saturated rings. The maximum Gasteiger partial charge on any atom is 0.250 e. The average molecular weight is 379 g/mol. The van der Waals surface area contributed by atoms with Crippen LogP contribution in [0.5, 0.6) is 0 Å². The Morgan fingerprint density at radius 1 is 1.19 bits per heavy atom. The van der Waals surface area contributed by atoms with Crippen LogP contribution in [0.4, 0.5) is 5.13 Å². The minimum absolute atomic E-state index is 0.0954. The topological polar surface area (TPSA) is 64.0 Å². The van der Waals surface area contributed by atoms with E-state index in [0.717, 1.165) is 25.0 Å². The Bertz CT molecular complexity index is 994. The molecule has 1 aliphatic rings. The van der Waals surface area contributed by atoms with Gasteiger partial charge in [-0.05, 0) is 36.8 Å². The number of aryl methyl sites for hydroxylation is 2. The fraction of sp³-hybridized carbons (Fsp3) is 0.286. The summed E-state index contributed by atoms with van der Waals surface area (Å²) in [5, 5.41) is 3.56. The molecule has 0 spiro atoms. The third-order valence-corrected chi connectivity index (χ3v) is 5.97. The summed E-state index contributed by atoms with van der Waals surface area (Å²) in [5.74, 6) is 0.407. The Hall–Kier alpha value is -2.73. The number of aromatic nitrogens is 2. The summed E-state index contributed by atoms with van der Waals surface area (Å²) >= 11 is 1.58. The van der Waals surface area contributed by atoms with Crippen LogP contribution in [-0.2, 0) is 24.2 Å². The van der Waals surface area contributed by atoms with E-state index in [1.165, 1.54) is 21.1 Å². The first kappa shape index (κ1) is 17.7. The van der Waals surface area contributed by atoms with Crippen molar-refractivity contribution in [2.24, 2.45) is 0 Å². The number of nitrogens with one attached hydrogen (secondary N) is 1. The van der Waals surface area contributed by atoms with Crippen molar-refractivity contribution in [3.8, 4) is 0 Å². The number of anilines is 1. The summed E-state index contributed by atoms with van der Waals surface area (Å²) in [7, 11) is 0. The summed E-state index contributed by atoms with van der Waals surface area (Å²) in [6, 6.07) is 15.6. The Morgan fingerprint density at radius 3 is 2.81 bits per heavy atom. The fourth-order valence-electron chi connectivity index (χ4n) is 3.49. The third-order valence-electron chi connectivity index (χ3n) is 4.94. The molecule has 1 aromatic carbocycles. The predicted octanol–water partition coefficient (Wildman–Crippen LogP) is 3.61. The number of pyridine rings is 1. The largest absolute Gasteiger partial charge is 0.315 e. The highest BCUT2D eigenvalue weighted by atomic mass is 32.1. The molecule has 2 aromatic heterocycles. The van der Waals surface area contributed by atoms with Crippen LogP contribution in [0.25, 0.3) is 0 Å². The van der Waals surface area contributed by atoms with Crippen LogP contribution in [0, 0.1) is 0 Å². The van der Waals surface area contributed by atoms with Crippen LogP contribution in [0.3, 0.4) is 0 Å². The number of amides is 1. The first-order chi connectivity index (χ1) is 13.2. The zero-order chi connectivity index (χ0) is 18.6. The van der Waals surface area contributed by atoms with Crippen molar-refractivity contribution in [2.45, 2.75) is 38.1 Å². The Balaban J connectivity index is 1.37. The highest BCUT2D eigenvalue weighted by Gasteiger charge is 2.24. The lowest BCUT2D eigenvalue weighted by molar-refractivity contribution is -0.116. The average Bonchev–Trinajstić information content (AvgIpc) is 3.09. The molecule has 6 heteroatoms. The Morgan fingerprint density at radius 2 is 2.00 bits per heavy atom. The number of fused-ring (bicyclic) bond motifs is 1. The number of carbonyl (C=O) groups excluding carboxylic acids is 1. The van der Waals surface area contributed by atoms with Crippen LogP contribution in [0.2, 0.25) is 0 Å². The molecule has 2 heterocycles. The Kier molecular flexibility index (Phi) is 5.16. The molecule has 1 N–H and O–H groups in total. The summed E-state index contributed by atoms with van der Waals surface area (Å²) < 4.78 is 1.54. The van der Waals surface area contributed by atoms with Gasteiger partial charge in [0.05, 0.1) is 5.69 Å². The monoisotopic (exact) mass is 379 g/mol. The second kappa shape index (κ2) is 7.88. The van der Waals surface area contributed by atoms with Gasteiger partial charge in [0.1, 0.15) is 0 Å². The van der Waals surface area contributed by atoms with Crippen molar-refractivity contribution in [1.82, 2.24) is 9.55 Å². The van der Waals surface area contributed by atoms with Crippen molar-refractivity contribution in [2.75, 3.05) is 5.32 Å². The van der Waals surface area contributed by atoms with E-state index in [4.69, 9.17) is 0 Å². The van der Waals surface area contributed by atoms with E-state index >= 15 is 0 Å². The van der Waals surface area contributed by atoms with Gasteiger partial charge in [0.15, 0.2) is 5.13 Å². The lowest BCUT2D eigenvalue weighted by Gasteiger charge is -2.21. The maximum absolute atomic E-state index is 12.2. The van der Waals surface area contributed by atoms with Crippen molar-refractivity contribution >= 4 is 22.4 Å². The number of benzene rings is 1. The zero-order valence-electron chi connectivity index (χ0n) is 14.9. The van der Waals surface area contributed by atoms with Crippen LogP contribution in [-0.4, -0.2) is 15.5 Å². The van der Waals surface area contributed by atoms with Gasteiger partial charge in [-0.2, -0.15) is 0 Å². The summed E-state index contributed by atoms with van der Waals surface area (Å²) in [4.78, 5) is 29.8. The van der Waals surface area contributed by atoms with E-state index in [0.29, 0.717) is 17.6 Å². The molecule has 3 aromatic rings. The number of thiazole rings is 1. The zero-order valence-corrected chi connectivity index (χ0v) is 15.7. The molecule has 0 bridgehead atoms. The number of rotatable bonds is 5. The van der Waals surface area contributed by atoms with Gasteiger partial charge in [0.2, 0.25) is 5.91 Å². The number of hydrogen-bond donors (Lipinski definition) is 1. The van der Waals surface area contributed by atoms with Crippen LogP contribution >= 0.6 is 11.3 Å². The van der Waals surface area contributed by atoms with Gasteiger partial charge < -0.3 is 9.88 Å². The quantitative estimate of drug-likeness (QED) is 0.737. The van der Waals surface area contributed by atoms with Gasteiger partial charge in [-0.15, -0.1) is 11.3 Å². The van der Waals surface area contributed by atoms with E-state index < -0.39 is 0 Å². The third kappa shape index (κ3) is 4.17. The van der Waals surface area contributed by atoms with Gasteiger partial charge >= 0.3 is 0 Å². The van der Waals surface area contributed by atoms with Gasteiger partial charge in [0.25, 0.3) is 5.56 Å². The molecule has 138 valence electrons. The molecular weight excluding hydrogens is 358 g/mol. The van der Waals surface area contributed by atoms with Crippen molar-refractivity contribution in [3.05, 3.63) is 81.2 Å². The molecule has 0 aliphatic heterocycles. The van der Waals surface area contributed by atoms with Crippen molar-refractivity contribution in [1.29, 1.82) is 0 Å². The standard InChI is InChI=1S/C21H21N3O2S/c25-19(11-13-24-12-5-4-8-20(24)26)23-21-22-17-10-9-16(14-18(17)27-21)15-6-2-1-3-7-15/h1-8,12,16H,9-11,13-14H2,(H,22,23,25). The highest BCUT2D eigenvalue weighted by molar-refractivity contribution is 7.15. The predicted molar refractivity (Wildman–Crippen MR) is 107 cm³/mol. The van der Waals surface area contributed by atoms with E-state index in [9.17, 15) is 9.59 Å². The first-order valence-electron chi connectivity index (χ1n) is 9.18. The second-order valence-electron chi connectivity index (χ2n) is 6.77. The van der Waals surface area contributed by atoms with Crippen LogP contribution in [0.1, 0.15) is 34.9 Å². The SMILES string of the molecule is O=C(CCn1ccccc1=O)Nc1nc2c(s1)CC(c1ccccc1)CC2. The van der Waals surface area contributed by atoms with Crippen LogP contribution < -0.4 is 10.9 Å². The molecule has 0 saturated carbocycles. The molecule has 5 nitrogen and oxygen atoms in total. The van der Waals surface area contributed by atoms with Crippen molar-refractivity contribution in [3.63, 3.8) is 0 Å². The molecule has 27 heavy (non-hydrogen) atoms. The lowest BCUT2D eigenvalue weighted by Crippen LogP contribution is -2.21. The fourth-order valence-corrected chi connectivity index (χ4v) is 4.59. The van der Waals surface area contributed by atoms with Crippen LogP contribution in [0.15, 0.2) is 59.5 Å². The lowest BCUT2D eigenvalue weighted by atomic mass is 9.85. The molecular formula is C21H21N3O2S. The Labute approximate surface area is 161 Å². The van der Waals surface area contributed by atoms with Gasteiger partial charge in [-0.1, -0.05) is 36.4 Å². The minimum Gasteiger partial charge on any atom is -0.315 e. The number of carbonyl (C=O) groups is 1. The second-order valence-corrected chi connectivity index (χ2v) is 7.85. The molecule has 1 atom stereocenters. The summed E-state index contributed by atoms with van der Waals surface area (Å²) in [6.45, 7) is 0.368. The molecule has 1 aliphatic carbocycles. The summed E-state index contributed by atoms with van der Waals surface area (Å²) in [5.41, 5.74) is 2.39. The minimum atomic E-state index is -0.114. The smallest absolute Gasteiger partial charge is 0.250 e. The van der Waals surface area contributed by atoms with E-state index in [1.807, 2.05) is 6.07 Å². The first-order valence-corrected chi connectivity index (χ1v) is 9.99. The highest BCUT2D eigenvalue weighted by Crippen LogP contribution is 2.36. The van der Waals surface area contributed by atoms with E-state index in [2.05, 4.69) is 34.6 Å². The number of hydrogen-bond acceptors (Lipinski definition) is 4. The normalized spacial score (nSPS) is 15.9. The molecule has 1 amide bonds. The molecule has 0 saturated heterocycles. The van der Waals surface area contributed by atoms with E-state index in [1.54, 1.807) is 29.7 Å². The summed E-state index contributed by atoms with van der Waals surface area (Å²) in [6.07, 6.45) is 4.96. The van der Waals surface area contributed by atoms with Crippen molar-refractivity contribution < 1.29 is 4.79 Å². The number of nitrogens with zero attached hydrogens (tertiary/aromatic N) is 2. The van der Waals surface area contributed by atoms with E-state index in [-0.39, 0.29) is 17.9 Å². The van der Waals surface area contributed by atoms with Gasteiger partial charge in [-0.3, -0.25) is 9.59 Å². The van der Waals surface area contributed by atoms with Gasteiger partial charge in [-0.25, -0.2) is 4.98 Å².